The Hall–Kier alpha value is -1.65. The van der Waals surface area contributed by atoms with Gasteiger partial charge in [-0.3, -0.25) is 4.79 Å². The number of benzene rings is 1. The third-order valence-corrected chi connectivity index (χ3v) is 8.16. The van der Waals surface area contributed by atoms with E-state index in [0.717, 1.165) is 13.0 Å². The molecule has 1 aliphatic carbocycles. The fourth-order valence-electron chi connectivity index (χ4n) is 7.15. The number of likely N-dealkylation sites (tertiary alicyclic amines) is 1. The summed E-state index contributed by atoms with van der Waals surface area (Å²) in [4.78, 5) is 18.0. The van der Waals surface area contributed by atoms with E-state index in [4.69, 9.17) is 4.74 Å². The van der Waals surface area contributed by atoms with Gasteiger partial charge in [0.05, 0.1) is 25.2 Å². The van der Waals surface area contributed by atoms with E-state index in [1.54, 1.807) is 0 Å². The number of nitrogens with zero attached hydrogens (tertiary/aromatic N) is 2. The Labute approximate surface area is 154 Å². The van der Waals surface area contributed by atoms with Crippen molar-refractivity contribution < 1.29 is 9.53 Å². The minimum absolute atomic E-state index is 0.0699. The molecule has 136 valence electrons. The Morgan fingerprint density at radius 1 is 1.27 bits per heavy atom. The molecule has 0 radical (unpaired) electrons. The molecular weight excluding hydrogens is 324 g/mol. The molecule has 1 aromatic carbocycles. The van der Waals surface area contributed by atoms with Gasteiger partial charge in [0.2, 0.25) is 5.91 Å². The number of amides is 1. The fraction of sp³-hybridized carbons (Fsp3) is 0.591. The lowest BCUT2D eigenvalue weighted by molar-refractivity contribution is -0.131. The molecule has 4 heteroatoms. The number of ether oxygens (including phenoxy) is 1. The third-order valence-electron chi connectivity index (χ3n) is 8.16. The number of hydrogen-bond acceptors (Lipinski definition) is 3. The van der Waals surface area contributed by atoms with Crippen molar-refractivity contribution in [1.82, 2.24) is 4.90 Å². The van der Waals surface area contributed by atoms with Gasteiger partial charge in [0, 0.05) is 23.1 Å². The van der Waals surface area contributed by atoms with Crippen molar-refractivity contribution >= 4 is 11.6 Å². The SMILES string of the molecule is CC1=CCOC2CC(=O)N3c4ccccc4C45CCN(C)C4CC1C2C35. The van der Waals surface area contributed by atoms with Gasteiger partial charge in [-0.05, 0) is 50.9 Å². The number of rotatable bonds is 0. The summed E-state index contributed by atoms with van der Waals surface area (Å²) in [6.45, 7) is 4.05. The molecule has 4 heterocycles. The highest BCUT2D eigenvalue weighted by Crippen LogP contribution is 2.63. The number of para-hydroxylation sites is 1. The van der Waals surface area contributed by atoms with Crippen molar-refractivity contribution in [2.24, 2.45) is 11.8 Å². The monoisotopic (exact) mass is 350 g/mol. The van der Waals surface area contributed by atoms with E-state index in [9.17, 15) is 4.79 Å². The van der Waals surface area contributed by atoms with Crippen LogP contribution in [0.15, 0.2) is 35.9 Å². The highest BCUT2D eigenvalue weighted by atomic mass is 16.5. The number of hydrogen-bond donors (Lipinski definition) is 0. The predicted molar refractivity (Wildman–Crippen MR) is 100 cm³/mol. The van der Waals surface area contributed by atoms with Gasteiger partial charge in [0.25, 0.3) is 0 Å². The van der Waals surface area contributed by atoms with Crippen LogP contribution in [-0.2, 0) is 14.9 Å². The average Bonchev–Trinajstić information content (AvgIpc) is 3.08. The van der Waals surface area contributed by atoms with Crippen molar-refractivity contribution in [3.8, 4) is 0 Å². The second kappa shape index (κ2) is 4.99. The topological polar surface area (TPSA) is 32.8 Å². The number of piperidine rings is 1. The number of fused-ring (bicyclic) bond motifs is 2. The molecular formula is C22H26N2O2. The van der Waals surface area contributed by atoms with Gasteiger partial charge in [0.15, 0.2) is 0 Å². The zero-order chi connectivity index (χ0) is 17.6. The summed E-state index contributed by atoms with van der Waals surface area (Å²) in [6, 6.07) is 9.47. The van der Waals surface area contributed by atoms with Crippen molar-refractivity contribution in [2.45, 2.75) is 49.8 Å². The van der Waals surface area contributed by atoms with E-state index in [2.05, 4.69) is 54.1 Å². The van der Waals surface area contributed by atoms with Crippen LogP contribution in [0.3, 0.4) is 0 Å². The largest absolute Gasteiger partial charge is 0.373 e. The number of anilines is 1. The zero-order valence-corrected chi connectivity index (χ0v) is 15.5. The maximum Gasteiger partial charge on any atom is 0.229 e. The quantitative estimate of drug-likeness (QED) is 0.675. The maximum atomic E-state index is 13.2. The normalized spacial score (nSPS) is 43.5. The molecule has 6 rings (SSSR count). The van der Waals surface area contributed by atoms with Gasteiger partial charge >= 0.3 is 0 Å². The summed E-state index contributed by atoms with van der Waals surface area (Å²) in [6.07, 6.45) is 5.21. The van der Waals surface area contributed by atoms with Gasteiger partial charge in [-0.1, -0.05) is 29.8 Å². The van der Waals surface area contributed by atoms with Crippen molar-refractivity contribution in [3.05, 3.63) is 41.5 Å². The predicted octanol–water partition coefficient (Wildman–Crippen LogP) is 2.73. The minimum atomic E-state index is 0.0699. The van der Waals surface area contributed by atoms with Crippen LogP contribution in [0.4, 0.5) is 5.69 Å². The van der Waals surface area contributed by atoms with E-state index in [0.29, 0.717) is 30.9 Å². The Morgan fingerprint density at radius 3 is 3.00 bits per heavy atom. The number of likely N-dealkylation sites (N-methyl/N-ethyl adjacent to an activating group) is 1. The smallest absolute Gasteiger partial charge is 0.229 e. The molecule has 6 unspecified atom stereocenters. The van der Waals surface area contributed by atoms with Crippen LogP contribution in [0, 0.1) is 11.8 Å². The van der Waals surface area contributed by atoms with E-state index in [1.165, 1.54) is 23.2 Å². The Kier molecular flexibility index (Phi) is 2.96. The molecule has 3 fully saturated rings. The zero-order valence-electron chi connectivity index (χ0n) is 15.5. The molecule has 26 heavy (non-hydrogen) atoms. The van der Waals surface area contributed by atoms with Gasteiger partial charge in [-0.25, -0.2) is 0 Å². The van der Waals surface area contributed by atoms with E-state index >= 15 is 0 Å². The van der Waals surface area contributed by atoms with Crippen molar-refractivity contribution in [1.29, 1.82) is 0 Å². The van der Waals surface area contributed by atoms with Gasteiger partial charge in [-0.2, -0.15) is 0 Å². The number of carbonyl (C=O) groups excluding carboxylic acids is 1. The van der Waals surface area contributed by atoms with Crippen LogP contribution < -0.4 is 4.90 Å². The maximum absolute atomic E-state index is 13.2. The summed E-state index contributed by atoms with van der Waals surface area (Å²) in [5.41, 5.74) is 4.14. The first-order valence-electron chi connectivity index (χ1n) is 10.0. The average molecular weight is 350 g/mol. The highest BCUT2D eigenvalue weighted by molar-refractivity contribution is 5.99. The first-order chi connectivity index (χ1) is 12.6. The van der Waals surface area contributed by atoms with Crippen LogP contribution in [-0.4, -0.2) is 49.2 Å². The summed E-state index contributed by atoms with van der Waals surface area (Å²) >= 11 is 0. The second-order valence-electron chi connectivity index (χ2n) is 8.96. The molecule has 0 N–H and O–H groups in total. The molecule has 0 aromatic heterocycles. The van der Waals surface area contributed by atoms with Gasteiger partial charge in [0.1, 0.15) is 0 Å². The molecule has 0 bridgehead atoms. The fourth-order valence-corrected chi connectivity index (χ4v) is 7.15. The number of carbonyl (C=O) groups is 1. The van der Waals surface area contributed by atoms with Crippen LogP contribution >= 0.6 is 0 Å². The summed E-state index contributed by atoms with van der Waals surface area (Å²) in [7, 11) is 2.28. The van der Waals surface area contributed by atoms with Crippen LogP contribution in [0.5, 0.6) is 0 Å². The third kappa shape index (κ3) is 1.62. The van der Waals surface area contributed by atoms with Crippen LogP contribution in [0.1, 0.15) is 31.7 Å². The van der Waals surface area contributed by atoms with Crippen molar-refractivity contribution in [2.75, 3.05) is 25.1 Å². The Bertz CT molecular complexity index is 833. The van der Waals surface area contributed by atoms with Crippen LogP contribution in [0.2, 0.25) is 0 Å². The first-order valence-corrected chi connectivity index (χ1v) is 10.0. The van der Waals surface area contributed by atoms with E-state index in [-0.39, 0.29) is 23.5 Å². The molecule has 1 aromatic rings. The highest BCUT2D eigenvalue weighted by Gasteiger charge is 2.68. The summed E-state index contributed by atoms with van der Waals surface area (Å²) in [5.74, 6) is 1.20. The Balaban J connectivity index is 1.63. The van der Waals surface area contributed by atoms with E-state index < -0.39 is 0 Å². The molecule has 1 amide bonds. The molecule has 5 aliphatic rings. The van der Waals surface area contributed by atoms with Crippen LogP contribution in [0.25, 0.3) is 0 Å². The molecule has 4 nitrogen and oxygen atoms in total. The van der Waals surface area contributed by atoms with Gasteiger partial charge < -0.3 is 14.5 Å². The molecule has 2 saturated heterocycles. The summed E-state index contributed by atoms with van der Waals surface area (Å²) in [5, 5.41) is 0. The second-order valence-corrected chi connectivity index (χ2v) is 8.96. The lowest BCUT2D eigenvalue weighted by Crippen LogP contribution is -2.67. The lowest BCUT2D eigenvalue weighted by Gasteiger charge is -2.56. The van der Waals surface area contributed by atoms with Gasteiger partial charge in [-0.15, -0.1) is 0 Å². The minimum Gasteiger partial charge on any atom is -0.373 e. The van der Waals surface area contributed by atoms with E-state index in [1.807, 2.05) is 0 Å². The standard InChI is InChI=1S/C22H26N2O2/c1-13-7-10-26-17-12-19(25)24-16-6-4-3-5-15(16)22-8-9-23(2)18(22)11-14(13)20(17)21(22)24/h3-7,14,17-18,20-21H,8-12H2,1-2H3. The number of allylic oxidation sites excluding steroid dienone is 1. The molecule has 6 atom stereocenters. The Morgan fingerprint density at radius 2 is 2.12 bits per heavy atom. The van der Waals surface area contributed by atoms with Crippen molar-refractivity contribution in [3.63, 3.8) is 0 Å². The molecule has 4 aliphatic heterocycles. The lowest BCUT2D eigenvalue weighted by atomic mass is 9.54. The first kappa shape index (κ1) is 15.4. The molecule has 1 saturated carbocycles. The molecule has 1 spiro atoms. The summed E-state index contributed by atoms with van der Waals surface area (Å²) < 4.78 is 6.24.